The molecule has 0 spiro atoms. The van der Waals surface area contributed by atoms with Gasteiger partial charge in [0.25, 0.3) is 0 Å². The number of carboxylic acids is 1. The molecule has 0 heterocycles. The fourth-order valence-corrected chi connectivity index (χ4v) is 1.71. The van der Waals surface area contributed by atoms with Crippen molar-refractivity contribution in [3.05, 3.63) is 28.8 Å². The monoisotopic (exact) mass is 284 g/mol. The molecule has 19 heavy (non-hydrogen) atoms. The van der Waals surface area contributed by atoms with E-state index in [1.807, 2.05) is 13.8 Å². The molecule has 0 aliphatic carbocycles. The highest BCUT2D eigenvalue weighted by Crippen LogP contribution is 2.23. The first-order chi connectivity index (χ1) is 8.86. The lowest BCUT2D eigenvalue weighted by Crippen LogP contribution is -2.40. The van der Waals surface area contributed by atoms with Crippen LogP contribution in [0.25, 0.3) is 0 Å². The minimum atomic E-state index is -1.07. The molecule has 0 saturated carbocycles. The topological polar surface area (TPSA) is 92.4 Å². The van der Waals surface area contributed by atoms with E-state index in [1.54, 1.807) is 0 Å². The Kier molecular flexibility index (Phi) is 5.32. The minimum Gasteiger partial charge on any atom is -0.478 e. The molecule has 5 nitrogen and oxygen atoms in total. The number of anilines is 1. The average Bonchev–Trinajstić information content (AvgIpc) is 2.38. The van der Waals surface area contributed by atoms with Crippen LogP contribution in [0.1, 0.15) is 30.6 Å². The van der Waals surface area contributed by atoms with Crippen LogP contribution in [0, 0.1) is 5.92 Å². The van der Waals surface area contributed by atoms with Crippen LogP contribution in [0.3, 0.4) is 0 Å². The summed E-state index contributed by atoms with van der Waals surface area (Å²) < 4.78 is 0. The lowest BCUT2D eigenvalue weighted by atomic mass is 9.99. The number of amides is 1. The van der Waals surface area contributed by atoms with Crippen LogP contribution in [0.15, 0.2) is 18.2 Å². The van der Waals surface area contributed by atoms with Crippen LogP contribution in [-0.4, -0.2) is 23.0 Å². The molecule has 0 fully saturated rings. The number of carbonyl (C=O) groups is 2. The van der Waals surface area contributed by atoms with E-state index < -0.39 is 12.0 Å². The second-order valence-corrected chi connectivity index (χ2v) is 4.81. The molecule has 0 bridgehead atoms. The molecule has 0 aliphatic heterocycles. The Morgan fingerprint density at radius 2 is 2.11 bits per heavy atom. The van der Waals surface area contributed by atoms with Gasteiger partial charge in [0.2, 0.25) is 5.91 Å². The normalized spacial score (nSPS) is 13.7. The van der Waals surface area contributed by atoms with Crippen molar-refractivity contribution >= 4 is 29.2 Å². The Balaban J connectivity index is 2.83. The van der Waals surface area contributed by atoms with E-state index in [0.717, 1.165) is 6.42 Å². The van der Waals surface area contributed by atoms with Crippen LogP contribution < -0.4 is 11.1 Å². The van der Waals surface area contributed by atoms with Gasteiger partial charge in [-0.3, -0.25) is 4.79 Å². The third kappa shape index (κ3) is 3.94. The molecule has 0 aromatic heterocycles. The number of carboxylic acid groups (broad SMARTS) is 1. The first-order valence-corrected chi connectivity index (χ1v) is 6.33. The minimum absolute atomic E-state index is 0.0528. The number of hydrogen-bond donors (Lipinski definition) is 3. The summed E-state index contributed by atoms with van der Waals surface area (Å²) in [7, 11) is 0. The molecule has 0 radical (unpaired) electrons. The molecular weight excluding hydrogens is 268 g/mol. The molecule has 1 rings (SSSR count). The first-order valence-electron chi connectivity index (χ1n) is 5.96. The van der Waals surface area contributed by atoms with Crippen LogP contribution in [0.2, 0.25) is 5.02 Å². The van der Waals surface area contributed by atoms with E-state index in [-0.39, 0.29) is 22.4 Å². The van der Waals surface area contributed by atoms with Crippen molar-refractivity contribution in [3.8, 4) is 0 Å². The Morgan fingerprint density at radius 3 is 2.58 bits per heavy atom. The molecule has 0 unspecified atom stereocenters. The summed E-state index contributed by atoms with van der Waals surface area (Å²) in [6, 6.07) is 3.49. The molecule has 2 atom stereocenters. The van der Waals surface area contributed by atoms with Gasteiger partial charge < -0.3 is 16.2 Å². The van der Waals surface area contributed by atoms with Gasteiger partial charge >= 0.3 is 5.97 Å². The van der Waals surface area contributed by atoms with Crippen molar-refractivity contribution in [2.75, 3.05) is 5.32 Å². The zero-order valence-corrected chi connectivity index (χ0v) is 11.6. The zero-order valence-electron chi connectivity index (χ0n) is 10.8. The van der Waals surface area contributed by atoms with Gasteiger partial charge in [0.15, 0.2) is 0 Å². The lowest BCUT2D eigenvalue weighted by Gasteiger charge is -2.18. The van der Waals surface area contributed by atoms with Gasteiger partial charge in [-0.2, -0.15) is 0 Å². The van der Waals surface area contributed by atoms with Crippen molar-refractivity contribution in [3.63, 3.8) is 0 Å². The fourth-order valence-electron chi connectivity index (χ4n) is 1.48. The van der Waals surface area contributed by atoms with Crippen molar-refractivity contribution in [1.29, 1.82) is 0 Å². The lowest BCUT2D eigenvalue weighted by molar-refractivity contribution is -0.118. The molecular formula is C13H17ClN2O3. The molecule has 0 aliphatic rings. The summed E-state index contributed by atoms with van der Waals surface area (Å²) in [4.78, 5) is 22.6. The first kappa shape index (κ1) is 15.5. The third-order valence-electron chi connectivity index (χ3n) is 3.03. The smallest absolute Gasteiger partial charge is 0.335 e. The van der Waals surface area contributed by atoms with E-state index in [0.29, 0.717) is 5.69 Å². The van der Waals surface area contributed by atoms with Crippen molar-refractivity contribution in [2.24, 2.45) is 11.7 Å². The highest BCUT2D eigenvalue weighted by Gasteiger charge is 2.20. The van der Waals surface area contributed by atoms with Crippen LogP contribution >= 0.6 is 11.6 Å². The van der Waals surface area contributed by atoms with Gasteiger partial charge in [-0.05, 0) is 24.1 Å². The van der Waals surface area contributed by atoms with E-state index >= 15 is 0 Å². The second-order valence-electron chi connectivity index (χ2n) is 4.40. The predicted molar refractivity (Wildman–Crippen MR) is 74.5 cm³/mol. The predicted octanol–water partition coefficient (Wildman–Crippen LogP) is 2.35. The van der Waals surface area contributed by atoms with Crippen molar-refractivity contribution in [2.45, 2.75) is 26.3 Å². The van der Waals surface area contributed by atoms with Gasteiger partial charge in [-0.15, -0.1) is 0 Å². The highest BCUT2D eigenvalue weighted by molar-refractivity contribution is 6.34. The number of benzene rings is 1. The van der Waals surface area contributed by atoms with Crippen LogP contribution in [0.5, 0.6) is 0 Å². The highest BCUT2D eigenvalue weighted by atomic mass is 35.5. The third-order valence-corrected chi connectivity index (χ3v) is 3.35. The number of carbonyl (C=O) groups excluding carboxylic acids is 1. The van der Waals surface area contributed by atoms with Crippen molar-refractivity contribution in [1.82, 2.24) is 0 Å². The van der Waals surface area contributed by atoms with E-state index in [1.165, 1.54) is 18.2 Å². The standard InChI is InChI=1S/C13H17ClN2O3/c1-3-7(2)11(15)12(17)16-10-5-4-8(13(18)19)6-9(10)14/h4-7,11H,3,15H2,1-2H3,(H,16,17)(H,18,19)/t7-,11-/m0/s1. The maximum Gasteiger partial charge on any atom is 0.335 e. The van der Waals surface area contributed by atoms with Crippen LogP contribution in [0.4, 0.5) is 5.69 Å². The summed E-state index contributed by atoms with van der Waals surface area (Å²) in [5, 5.41) is 11.6. The van der Waals surface area contributed by atoms with E-state index in [9.17, 15) is 9.59 Å². The second kappa shape index (κ2) is 6.54. The molecule has 1 amide bonds. The molecule has 4 N–H and O–H groups in total. The Morgan fingerprint density at radius 1 is 1.47 bits per heavy atom. The quantitative estimate of drug-likeness (QED) is 0.774. The Bertz CT molecular complexity index is 491. The summed E-state index contributed by atoms with van der Waals surface area (Å²) >= 11 is 5.92. The van der Waals surface area contributed by atoms with Crippen molar-refractivity contribution < 1.29 is 14.7 Å². The van der Waals surface area contributed by atoms with Gasteiger partial charge in [0, 0.05) is 0 Å². The van der Waals surface area contributed by atoms with Gasteiger partial charge in [0.1, 0.15) is 0 Å². The van der Waals surface area contributed by atoms with Gasteiger partial charge in [-0.25, -0.2) is 4.79 Å². The number of rotatable bonds is 5. The maximum atomic E-state index is 11.9. The van der Waals surface area contributed by atoms with E-state index in [2.05, 4.69) is 5.32 Å². The average molecular weight is 285 g/mol. The number of hydrogen-bond acceptors (Lipinski definition) is 3. The molecule has 0 saturated heterocycles. The Hall–Kier alpha value is -1.59. The number of nitrogens with two attached hydrogens (primary N) is 1. The fraction of sp³-hybridized carbons (Fsp3) is 0.385. The summed E-state index contributed by atoms with van der Waals surface area (Å²) in [6.45, 7) is 3.84. The number of halogens is 1. The summed E-state index contributed by atoms with van der Waals surface area (Å²) in [6.07, 6.45) is 0.792. The maximum absolute atomic E-state index is 11.9. The zero-order chi connectivity index (χ0) is 14.6. The van der Waals surface area contributed by atoms with E-state index in [4.69, 9.17) is 22.4 Å². The number of aromatic carboxylic acids is 1. The molecule has 6 heteroatoms. The largest absolute Gasteiger partial charge is 0.478 e. The van der Waals surface area contributed by atoms with Gasteiger partial charge in [0.05, 0.1) is 22.3 Å². The Labute approximate surface area is 116 Å². The summed E-state index contributed by atoms with van der Waals surface area (Å²) in [5.41, 5.74) is 6.22. The molecule has 104 valence electrons. The SMILES string of the molecule is CC[C@H](C)[C@H](N)C(=O)Nc1ccc(C(=O)O)cc1Cl. The molecule has 1 aromatic carbocycles. The number of nitrogens with one attached hydrogen (secondary N) is 1. The molecule has 1 aromatic rings. The van der Waals surface area contributed by atoms with Gasteiger partial charge in [-0.1, -0.05) is 31.9 Å². The summed E-state index contributed by atoms with van der Waals surface area (Å²) in [5.74, 6) is -1.35. The van der Waals surface area contributed by atoms with Crippen LogP contribution in [-0.2, 0) is 4.79 Å².